The molecule has 8 nitrogen and oxygen atoms in total. The highest BCUT2D eigenvalue weighted by molar-refractivity contribution is 5.92. The van der Waals surface area contributed by atoms with Crippen LogP contribution in [0.25, 0.3) is 0 Å². The molecule has 0 saturated heterocycles. The summed E-state index contributed by atoms with van der Waals surface area (Å²) in [7, 11) is 3.95. The topological polar surface area (TPSA) is 85.2 Å². The summed E-state index contributed by atoms with van der Waals surface area (Å²) < 4.78 is 6.85. The molecule has 130 valence electrons. The van der Waals surface area contributed by atoms with Crippen LogP contribution in [0.3, 0.4) is 0 Å². The largest absolute Gasteiger partial charge is 0.458 e. The van der Waals surface area contributed by atoms with E-state index in [0.717, 1.165) is 11.3 Å². The summed E-state index contributed by atoms with van der Waals surface area (Å²) in [6.45, 7) is 5.53. The van der Waals surface area contributed by atoms with Crippen molar-refractivity contribution in [1.29, 1.82) is 0 Å². The maximum atomic E-state index is 12.6. The summed E-state index contributed by atoms with van der Waals surface area (Å²) in [5.74, 6) is 0.0622. The number of hydrogen-bond donors (Lipinski definition) is 1. The molecule has 3 rings (SSSR count). The van der Waals surface area contributed by atoms with E-state index in [2.05, 4.69) is 27.4 Å². The Bertz CT molecular complexity index is 822. The lowest BCUT2D eigenvalue weighted by atomic mass is 9.95. The summed E-state index contributed by atoms with van der Waals surface area (Å²) in [6, 6.07) is 7.45. The average molecular weight is 340 g/mol. The van der Waals surface area contributed by atoms with Crippen LogP contribution in [-0.4, -0.2) is 46.9 Å². The van der Waals surface area contributed by atoms with Crippen LogP contribution in [-0.2, 0) is 9.53 Å². The molecule has 1 aliphatic rings. The van der Waals surface area contributed by atoms with Crippen LogP contribution in [0.5, 0.6) is 0 Å². The molecule has 1 aromatic heterocycles. The van der Waals surface area contributed by atoms with Crippen molar-refractivity contribution in [2.24, 2.45) is 0 Å². The number of ether oxygens (including phenoxy) is 1. The number of rotatable bonds is 5. The summed E-state index contributed by atoms with van der Waals surface area (Å²) in [5, 5.41) is 14.8. The minimum atomic E-state index is -0.459. The molecule has 0 fully saturated rings. The predicted octanol–water partition coefficient (Wildman–Crippen LogP) is 1.76. The number of nitrogens with zero attached hydrogens (tertiary/aromatic N) is 5. The summed E-state index contributed by atoms with van der Waals surface area (Å²) in [5.41, 5.74) is 3.09. The first-order valence-corrected chi connectivity index (χ1v) is 7.84. The van der Waals surface area contributed by atoms with Crippen molar-refractivity contribution in [3.63, 3.8) is 0 Å². The van der Waals surface area contributed by atoms with Gasteiger partial charge in [0.25, 0.3) is 0 Å². The number of fused-ring (bicyclic) bond motifs is 1. The number of anilines is 2. The summed E-state index contributed by atoms with van der Waals surface area (Å²) in [6.07, 6.45) is 1.54. The van der Waals surface area contributed by atoms with E-state index in [0.29, 0.717) is 17.2 Å². The molecule has 1 N–H and O–H groups in total. The molecular formula is C17H20N6O2. The smallest absolute Gasteiger partial charge is 0.338 e. The number of carbonyl (C=O) groups is 1. The van der Waals surface area contributed by atoms with Crippen LogP contribution in [0.2, 0.25) is 0 Å². The highest BCUT2D eigenvalue weighted by Gasteiger charge is 2.34. The first-order valence-electron chi connectivity index (χ1n) is 7.84. The molecular weight excluding hydrogens is 320 g/mol. The molecule has 25 heavy (non-hydrogen) atoms. The van der Waals surface area contributed by atoms with Gasteiger partial charge in [-0.25, -0.2) is 4.79 Å². The summed E-state index contributed by atoms with van der Waals surface area (Å²) in [4.78, 5) is 14.6. The molecule has 0 aliphatic carbocycles. The van der Waals surface area contributed by atoms with E-state index in [4.69, 9.17) is 4.74 Å². The van der Waals surface area contributed by atoms with E-state index in [-0.39, 0.29) is 6.61 Å². The van der Waals surface area contributed by atoms with Crippen LogP contribution < -0.4 is 10.2 Å². The van der Waals surface area contributed by atoms with E-state index in [1.54, 1.807) is 4.68 Å². The fourth-order valence-corrected chi connectivity index (χ4v) is 2.75. The predicted molar refractivity (Wildman–Crippen MR) is 94.2 cm³/mol. The highest BCUT2D eigenvalue weighted by Crippen LogP contribution is 2.35. The van der Waals surface area contributed by atoms with Gasteiger partial charge in [0.15, 0.2) is 0 Å². The van der Waals surface area contributed by atoms with E-state index >= 15 is 0 Å². The van der Waals surface area contributed by atoms with Crippen molar-refractivity contribution < 1.29 is 9.53 Å². The van der Waals surface area contributed by atoms with Gasteiger partial charge in [0.05, 0.1) is 5.57 Å². The number of allylic oxidation sites excluding steroid dienone is 1. The fourth-order valence-electron chi connectivity index (χ4n) is 2.75. The minimum absolute atomic E-state index is 0.143. The van der Waals surface area contributed by atoms with E-state index < -0.39 is 12.0 Å². The Hall–Kier alpha value is -3.16. The number of hydrogen-bond acceptors (Lipinski definition) is 7. The second kappa shape index (κ2) is 6.76. The van der Waals surface area contributed by atoms with Gasteiger partial charge in [0, 0.05) is 25.5 Å². The van der Waals surface area contributed by atoms with Crippen LogP contribution in [0.15, 0.2) is 48.2 Å². The number of tetrazole rings is 1. The number of benzene rings is 1. The lowest BCUT2D eigenvalue weighted by molar-refractivity contribution is -0.138. The first-order chi connectivity index (χ1) is 12.0. The van der Waals surface area contributed by atoms with Crippen LogP contribution >= 0.6 is 0 Å². The highest BCUT2D eigenvalue weighted by atomic mass is 16.5. The molecule has 8 heteroatoms. The lowest BCUT2D eigenvalue weighted by Crippen LogP contribution is -2.29. The molecule has 0 saturated carbocycles. The minimum Gasteiger partial charge on any atom is -0.458 e. The number of aromatic nitrogens is 4. The Morgan fingerprint density at radius 2 is 2.12 bits per heavy atom. The molecule has 0 unspecified atom stereocenters. The SMILES string of the molecule is C=CCOC(=O)C1=C(C)Nc2nnnn2[C@H]1c1ccc(N(C)C)cc1. The van der Waals surface area contributed by atoms with Gasteiger partial charge in [-0.3, -0.25) is 0 Å². The Morgan fingerprint density at radius 3 is 2.76 bits per heavy atom. The van der Waals surface area contributed by atoms with Crippen molar-refractivity contribution in [1.82, 2.24) is 20.2 Å². The Balaban J connectivity index is 2.05. The number of esters is 1. The average Bonchev–Trinajstić information content (AvgIpc) is 3.06. The van der Waals surface area contributed by atoms with Crippen LogP contribution in [0.4, 0.5) is 11.6 Å². The maximum absolute atomic E-state index is 12.6. The number of carbonyl (C=O) groups excluding carboxylic acids is 1. The van der Waals surface area contributed by atoms with Gasteiger partial charge < -0.3 is 15.0 Å². The molecule has 2 heterocycles. The number of nitrogens with one attached hydrogen (secondary N) is 1. The Kier molecular flexibility index (Phi) is 4.51. The van der Waals surface area contributed by atoms with Gasteiger partial charge in [-0.1, -0.05) is 29.9 Å². The first kappa shape index (κ1) is 16.7. The zero-order chi connectivity index (χ0) is 18.0. The van der Waals surface area contributed by atoms with E-state index in [9.17, 15) is 4.79 Å². The third kappa shape index (κ3) is 3.10. The van der Waals surface area contributed by atoms with Crippen molar-refractivity contribution >= 4 is 17.6 Å². The normalized spacial score (nSPS) is 16.0. The molecule has 2 aromatic rings. The van der Waals surface area contributed by atoms with E-state index in [1.807, 2.05) is 50.2 Å². The Labute approximate surface area is 145 Å². The zero-order valence-electron chi connectivity index (χ0n) is 14.4. The molecule has 0 amide bonds. The van der Waals surface area contributed by atoms with Gasteiger partial charge in [0.1, 0.15) is 12.6 Å². The van der Waals surface area contributed by atoms with Crippen molar-refractivity contribution in [2.75, 3.05) is 30.9 Å². The van der Waals surface area contributed by atoms with Gasteiger partial charge in [-0.15, -0.1) is 0 Å². The fraction of sp³-hybridized carbons (Fsp3) is 0.294. The third-order valence-corrected chi connectivity index (χ3v) is 3.99. The van der Waals surface area contributed by atoms with Gasteiger partial charge >= 0.3 is 5.97 Å². The van der Waals surface area contributed by atoms with E-state index in [1.165, 1.54) is 6.08 Å². The quantitative estimate of drug-likeness (QED) is 0.655. The maximum Gasteiger partial charge on any atom is 0.338 e. The van der Waals surface area contributed by atoms with Crippen LogP contribution in [0, 0.1) is 0 Å². The van der Waals surface area contributed by atoms with Gasteiger partial charge in [0.2, 0.25) is 5.95 Å². The molecule has 1 aromatic carbocycles. The lowest BCUT2D eigenvalue weighted by Gasteiger charge is -2.27. The van der Waals surface area contributed by atoms with Crippen LogP contribution in [0.1, 0.15) is 18.5 Å². The standard InChI is InChI=1S/C17H20N6O2/c1-5-10-25-16(24)14-11(2)18-17-19-20-21-23(17)15(14)12-6-8-13(9-7-12)22(3)4/h5-9,15H,1,10H2,2-4H3,(H,18,19,21)/t15-/m0/s1. The molecule has 0 radical (unpaired) electrons. The van der Waals surface area contributed by atoms with Gasteiger partial charge in [-0.05, 0) is 35.0 Å². The second-order valence-corrected chi connectivity index (χ2v) is 5.89. The Morgan fingerprint density at radius 1 is 1.40 bits per heavy atom. The summed E-state index contributed by atoms with van der Waals surface area (Å²) >= 11 is 0. The monoisotopic (exact) mass is 340 g/mol. The zero-order valence-corrected chi connectivity index (χ0v) is 14.4. The molecule has 1 aliphatic heterocycles. The molecule has 0 bridgehead atoms. The third-order valence-electron chi connectivity index (χ3n) is 3.99. The molecule has 0 spiro atoms. The van der Waals surface area contributed by atoms with Crippen molar-refractivity contribution in [3.8, 4) is 0 Å². The molecule has 1 atom stereocenters. The van der Waals surface area contributed by atoms with Gasteiger partial charge in [-0.2, -0.15) is 4.68 Å². The second-order valence-electron chi connectivity index (χ2n) is 5.89. The van der Waals surface area contributed by atoms with Crippen molar-refractivity contribution in [2.45, 2.75) is 13.0 Å². The van der Waals surface area contributed by atoms with Crippen molar-refractivity contribution in [3.05, 3.63) is 53.8 Å².